The van der Waals surface area contributed by atoms with Crippen molar-refractivity contribution in [2.75, 3.05) is 7.11 Å². The fraction of sp³-hybridized carbons (Fsp3) is 0.167. The largest absolute Gasteiger partial charge is 0.503 e. The first-order valence-corrected chi connectivity index (χ1v) is 4.51. The number of carbonyl (C=O) groups is 2. The van der Waals surface area contributed by atoms with E-state index in [4.69, 9.17) is 4.74 Å². The number of phenolic OH excluding ortho intramolecular Hbond substituents is 1. The minimum Gasteiger partial charge on any atom is -0.503 e. The van der Waals surface area contributed by atoms with Gasteiger partial charge in [0.05, 0.1) is 19.1 Å². The van der Waals surface area contributed by atoms with Crippen LogP contribution in [0.25, 0.3) is 0 Å². The summed E-state index contributed by atoms with van der Waals surface area (Å²) in [5.41, 5.74) is 0.619. The molecule has 0 saturated heterocycles. The predicted octanol–water partition coefficient (Wildman–Crippen LogP) is 1.15. The van der Waals surface area contributed by atoms with E-state index in [0.29, 0.717) is 18.1 Å². The lowest BCUT2D eigenvalue weighted by atomic mass is 10.1. The fourth-order valence-electron chi connectivity index (χ4n) is 1.14. The van der Waals surface area contributed by atoms with Gasteiger partial charge in [0.1, 0.15) is 12.6 Å². The van der Waals surface area contributed by atoms with Crippen LogP contribution in [0.2, 0.25) is 0 Å². The van der Waals surface area contributed by atoms with Crippen LogP contribution in [-0.2, 0) is 4.79 Å². The molecule has 0 saturated carbocycles. The lowest BCUT2D eigenvalue weighted by molar-refractivity contribution is -0.107. The van der Waals surface area contributed by atoms with Gasteiger partial charge < -0.3 is 14.6 Å². The Hall–Kier alpha value is -2.28. The Morgan fingerprint density at radius 3 is 2.75 bits per heavy atom. The minimum absolute atomic E-state index is 0.0765. The van der Waals surface area contributed by atoms with Crippen molar-refractivity contribution in [3.05, 3.63) is 23.3 Å². The number of rotatable bonds is 3. The van der Waals surface area contributed by atoms with Crippen LogP contribution >= 0.6 is 0 Å². The average Bonchev–Trinajstić information content (AvgIpc) is 2.31. The van der Waals surface area contributed by atoms with Crippen molar-refractivity contribution < 1.29 is 19.4 Å². The molecular formula is C12H10O4. The van der Waals surface area contributed by atoms with Crippen LogP contribution in [0.1, 0.15) is 22.3 Å². The van der Waals surface area contributed by atoms with Crippen LogP contribution in [0.15, 0.2) is 12.1 Å². The molecule has 0 radical (unpaired) electrons. The molecule has 4 heteroatoms. The summed E-state index contributed by atoms with van der Waals surface area (Å²) in [5, 5.41) is 9.68. The van der Waals surface area contributed by atoms with Gasteiger partial charge in [-0.1, -0.05) is 11.8 Å². The van der Waals surface area contributed by atoms with Gasteiger partial charge in [0.25, 0.3) is 0 Å². The standard InChI is InChI=1S/C12H10O4/c1-16-11-7-9(8-14)6-10(12(11)15)4-2-3-5-13/h5-8,15H,3H2,1H3. The Morgan fingerprint density at radius 2 is 2.19 bits per heavy atom. The van der Waals surface area contributed by atoms with Crippen molar-refractivity contribution in [1.82, 2.24) is 0 Å². The van der Waals surface area contributed by atoms with E-state index in [9.17, 15) is 14.7 Å². The number of aldehydes is 2. The highest BCUT2D eigenvalue weighted by Gasteiger charge is 2.08. The molecule has 0 amide bonds. The van der Waals surface area contributed by atoms with Gasteiger partial charge >= 0.3 is 0 Å². The van der Waals surface area contributed by atoms with E-state index in [1.807, 2.05) is 0 Å². The highest BCUT2D eigenvalue weighted by atomic mass is 16.5. The zero-order valence-electron chi connectivity index (χ0n) is 8.69. The van der Waals surface area contributed by atoms with Gasteiger partial charge in [-0.2, -0.15) is 0 Å². The maximum Gasteiger partial charge on any atom is 0.173 e. The summed E-state index contributed by atoms with van der Waals surface area (Å²) in [6.45, 7) is 0. The molecule has 1 N–H and O–H groups in total. The number of methoxy groups -OCH3 is 1. The van der Waals surface area contributed by atoms with Gasteiger partial charge in [0, 0.05) is 5.56 Å². The average molecular weight is 218 g/mol. The Balaban J connectivity index is 3.22. The quantitative estimate of drug-likeness (QED) is 0.610. The van der Waals surface area contributed by atoms with Gasteiger partial charge in [0.15, 0.2) is 11.5 Å². The first kappa shape index (κ1) is 11.8. The summed E-state index contributed by atoms with van der Waals surface area (Å²) >= 11 is 0. The maximum atomic E-state index is 10.6. The first-order valence-electron chi connectivity index (χ1n) is 4.51. The molecule has 0 aromatic heterocycles. The van der Waals surface area contributed by atoms with Crippen molar-refractivity contribution >= 4 is 12.6 Å². The van der Waals surface area contributed by atoms with Gasteiger partial charge in [0.2, 0.25) is 0 Å². The van der Waals surface area contributed by atoms with Crippen LogP contribution in [-0.4, -0.2) is 24.8 Å². The molecule has 0 aliphatic rings. The van der Waals surface area contributed by atoms with Crippen LogP contribution in [0.5, 0.6) is 11.5 Å². The Kier molecular flexibility index (Phi) is 4.10. The second kappa shape index (κ2) is 5.56. The SMILES string of the molecule is COc1cc(C=O)cc(C#CCC=O)c1O. The number of benzene rings is 1. The molecule has 16 heavy (non-hydrogen) atoms. The number of aromatic hydroxyl groups is 1. The molecule has 0 heterocycles. The van der Waals surface area contributed by atoms with Crippen molar-refractivity contribution in [1.29, 1.82) is 0 Å². The normalized spacial score (nSPS) is 8.81. The molecule has 0 spiro atoms. The van der Waals surface area contributed by atoms with Crippen LogP contribution in [0.4, 0.5) is 0 Å². The van der Waals surface area contributed by atoms with E-state index in [0.717, 1.165) is 0 Å². The summed E-state index contributed by atoms with van der Waals surface area (Å²) in [6, 6.07) is 2.84. The maximum absolute atomic E-state index is 10.6. The summed E-state index contributed by atoms with van der Waals surface area (Å²) in [4.78, 5) is 20.7. The van der Waals surface area contributed by atoms with E-state index in [-0.39, 0.29) is 23.5 Å². The smallest absolute Gasteiger partial charge is 0.173 e. The number of phenols is 1. The summed E-state index contributed by atoms with van der Waals surface area (Å²) in [5.74, 6) is 5.19. The monoisotopic (exact) mass is 218 g/mol. The number of hydrogen-bond donors (Lipinski definition) is 1. The van der Waals surface area contributed by atoms with Gasteiger partial charge in [-0.05, 0) is 12.1 Å². The minimum atomic E-state index is -0.133. The Labute approximate surface area is 92.9 Å². The molecule has 1 aromatic rings. The van der Waals surface area contributed by atoms with Crippen LogP contribution < -0.4 is 4.74 Å². The molecule has 1 rings (SSSR count). The van der Waals surface area contributed by atoms with Crippen LogP contribution in [0.3, 0.4) is 0 Å². The van der Waals surface area contributed by atoms with E-state index in [2.05, 4.69) is 11.8 Å². The molecule has 0 aliphatic heterocycles. The molecule has 4 nitrogen and oxygen atoms in total. The number of ether oxygens (including phenoxy) is 1. The third-order valence-electron chi connectivity index (χ3n) is 1.86. The molecule has 1 aromatic carbocycles. The molecular weight excluding hydrogens is 208 g/mol. The summed E-state index contributed by atoms with van der Waals surface area (Å²) in [7, 11) is 1.38. The van der Waals surface area contributed by atoms with E-state index in [1.165, 1.54) is 19.2 Å². The van der Waals surface area contributed by atoms with Crippen LogP contribution in [0, 0.1) is 11.8 Å². The van der Waals surface area contributed by atoms with Gasteiger partial charge in [-0.3, -0.25) is 4.79 Å². The predicted molar refractivity (Wildman–Crippen MR) is 57.6 cm³/mol. The number of hydrogen-bond acceptors (Lipinski definition) is 4. The second-order valence-electron chi connectivity index (χ2n) is 2.91. The molecule has 0 aliphatic carbocycles. The lowest BCUT2D eigenvalue weighted by Gasteiger charge is -2.05. The van der Waals surface area contributed by atoms with E-state index < -0.39 is 0 Å². The molecule has 82 valence electrons. The third-order valence-corrected chi connectivity index (χ3v) is 1.86. The molecule has 0 fully saturated rings. The van der Waals surface area contributed by atoms with Gasteiger partial charge in [-0.25, -0.2) is 0 Å². The zero-order chi connectivity index (χ0) is 12.0. The summed E-state index contributed by atoms with van der Waals surface area (Å²) < 4.78 is 4.89. The Bertz CT molecular complexity index is 466. The molecule has 0 atom stereocenters. The van der Waals surface area contributed by atoms with Crippen molar-refractivity contribution in [3.8, 4) is 23.3 Å². The van der Waals surface area contributed by atoms with Crippen molar-refractivity contribution in [2.45, 2.75) is 6.42 Å². The molecule has 0 bridgehead atoms. The Morgan fingerprint density at radius 1 is 1.44 bits per heavy atom. The van der Waals surface area contributed by atoms with Gasteiger partial charge in [-0.15, -0.1) is 0 Å². The first-order chi connectivity index (χ1) is 7.72. The highest BCUT2D eigenvalue weighted by Crippen LogP contribution is 2.30. The zero-order valence-corrected chi connectivity index (χ0v) is 8.69. The van der Waals surface area contributed by atoms with Crippen molar-refractivity contribution in [2.24, 2.45) is 0 Å². The van der Waals surface area contributed by atoms with E-state index >= 15 is 0 Å². The summed E-state index contributed by atoms with van der Waals surface area (Å²) in [6.07, 6.45) is 1.37. The lowest BCUT2D eigenvalue weighted by Crippen LogP contribution is -1.90. The highest BCUT2D eigenvalue weighted by molar-refractivity contribution is 5.78. The fourth-order valence-corrected chi connectivity index (χ4v) is 1.14. The van der Waals surface area contributed by atoms with Crippen molar-refractivity contribution in [3.63, 3.8) is 0 Å². The third kappa shape index (κ3) is 2.61. The topological polar surface area (TPSA) is 63.6 Å². The molecule has 0 unspecified atom stereocenters. The number of carbonyl (C=O) groups excluding carboxylic acids is 2. The van der Waals surface area contributed by atoms with E-state index in [1.54, 1.807) is 0 Å². The second-order valence-corrected chi connectivity index (χ2v) is 2.91.